The summed E-state index contributed by atoms with van der Waals surface area (Å²) in [5, 5.41) is 0. The Morgan fingerprint density at radius 3 is 2.63 bits per heavy atom. The molecule has 0 atom stereocenters. The summed E-state index contributed by atoms with van der Waals surface area (Å²) in [6.07, 6.45) is 5.68. The summed E-state index contributed by atoms with van der Waals surface area (Å²) in [4.78, 5) is 16.2. The maximum absolute atomic E-state index is 11.6. The number of oxazole rings is 1. The molecule has 0 radical (unpaired) electrons. The fourth-order valence-corrected chi connectivity index (χ4v) is 2.89. The highest BCUT2D eigenvalue weighted by atomic mass is 16.7. The van der Waals surface area contributed by atoms with Gasteiger partial charge in [0.1, 0.15) is 5.76 Å². The summed E-state index contributed by atoms with van der Waals surface area (Å²) >= 11 is 0. The zero-order valence-corrected chi connectivity index (χ0v) is 15.9. The maximum atomic E-state index is 11.6. The van der Waals surface area contributed by atoms with Crippen LogP contribution in [-0.2, 0) is 25.4 Å². The largest absolute Gasteiger partial charge is 0.465 e. The fraction of sp³-hybridized carbons (Fsp3) is 0.429. The molecule has 0 spiro atoms. The first-order chi connectivity index (χ1) is 13.0. The maximum Gasteiger partial charge on any atom is 0.366 e. The molecule has 1 fully saturated rings. The first kappa shape index (κ1) is 19.3. The number of rotatable bonds is 6. The van der Waals surface area contributed by atoms with Crippen LogP contribution in [0, 0.1) is 12.8 Å². The van der Waals surface area contributed by atoms with Crippen molar-refractivity contribution in [2.45, 2.75) is 32.5 Å². The summed E-state index contributed by atoms with van der Waals surface area (Å²) in [6.45, 7) is 4.43. The average molecular weight is 371 g/mol. The molecular formula is C21H25NO5. The van der Waals surface area contributed by atoms with Crippen molar-refractivity contribution in [2.24, 2.45) is 5.92 Å². The highest BCUT2D eigenvalue weighted by Crippen LogP contribution is 2.25. The lowest BCUT2D eigenvalue weighted by Gasteiger charge is -2.34. The van der Waals surface area contributed by atoms with Gasteiger partial charge in [0.05, 0.1) is 26.0 Å². The Labute approximate surface area is 159 Å². The topological polar surface area (TPSA) is 70.8 Å². The van der Waals surface area contributed by atoms with Gasteiger partial charge in [0.25, 0.3) is 5.79 Å². The van der Waals surface area contributed by atoms with Crippen molar-refractivity contribution in [1.29, 1.82) is 0 Å². The Morgan fingerprint density at radius 2 is 1.96 bits per heavy atom. The van der Waals surface area contributed by atoms with E-state index in [9.17, 15) is 4.79 Å². The minimum atomic E-state index is -1.29. The van der Waals surface area contributed by atoms with E-state index in [2.05, 4.69) is 17.1 Å². The number of hydrogen-bond acceptors (Lipinski definition) is 6. The van der Waals surface area contributed by atoms with Gasteiger partial charge in [-0.05, 0) is 25.5 Å². The molecule has 6 heteroatoms. The molecule has 0 N–H and O–H groups in total. The van der Waals surface area contributed by atoms with Gasteiger partial charge in [0.15, 0.2) is 0 Å². The molecule has 0 unspecified atom stereocenters. The molecule has 0 aliphatic carbocycles. The van der Waals surface area contributed by atoms with E-state index in [0.29, 0.717) is 25.5 Å². The zero-order chi connectivity index (χ0) is 19.3. The van der Waals surface area contributed by atoms with E-state index in [0.717, 1.165) is 23.4 Å². The third-order valence-electron chi connectivity index (χ3n) is 4.61. The number of hydrogen-bond donors (Lipinski definition) is 0. The predicted molar refractivity (Wildman–Crippen MR) is 100.0 cm³/mol. The third kappa shape index (κ3) is 4.64. The quantitative estimate of drug-likeness (QED) is 0.570. The van der Waals surface area contributed by atoms with Gasteiger partial charge in [-0.25, -0.2) is 9.78 Å². The number of methoxy groups -OCH3 is 1. The van der Waals surface area contributed by atoms with Gasteiger partial charge in [-0.1, -0.05) is 30.4 Å². The van der Waals surface area contributed by atoms with Crippen LogP contribution in [0.15, 0.2) is 46.9 Å². The second kappa shape index (κ2) is 8.50. The van der Waals surface area contributed by atoms with E-state index in [1.165, 1.54) is 7.11 Å². The number of carbonyl (C=O) groups excluding carboxylic acids is 1. The predicted octanol–water partition coefficient (Wildman–Crippen LogP) is 3.69. The van der Waals surface area contributed by atoms with E-state index in [1.807, 2.05) is 37.3 Å². The fourth-order valence-electron chi connectivity index (χ4n) is 2.89. The molecule has 0 bridgehead atoms. The van der Waals surface area contributed by atoms with Crippen molar-refractivity contribution >= 4 is 5.97 Å². The van der Waals surface area contributed by atoms with Crippen LogP contribution in [0.4, 0.5) is 0 Å². The van der Waals surface area contributed by atoms with Gasteiger partial charge in [-0.2, -0.15) is 0 Å². The second-order valence-corrected chi connectivity index (χ2v) is 6.72. The molecule has 1 aliphatic rings. The second-order valence-electron chi connectivity index (χ2n) is 6.72. The van der Waals surface area contributed by atoms with Crippen molar-refractivity contribution < 1.29 is 23.4 Å². The number of aromatic nitrogens is 1. The lowest BCUT2D eigenvalue weighted by Crippen LogP contribution is -2.48. The first-order valence-corrected chi connectivity index (χ1v) is 9.05. The molecule has 144 valence electrons. The molecule has 2 aromatic rings. The molecule has 3 rings (SSSR count). The Balaban J connectivity index is 1.50. The van der Waals surface area contributed by atoms with Gasteiger partial charge in [0, 0.05) is 24.8 Å². The van der Waals surface area contributed by atoms with Crippen LogP contribution in [0.3, 0.4) is 0 Å². The number of allylic oxidation sites excluding steroid dienone is 2. The molecule has 1 aromatic heterocycles. The Morgan fingerprint density at radius 1 is 1.26 bits per heavy atom. The van der Waals surface area contributed by atoms with Crippen molar-refractivity contribution in [3.05, 3.63) is 53.9 Å². The highest BCUT2D eigenvalue weighted by molar-refractivity contribution is 5.77. The van der Waals surface area contributed by atoms with Crippen LogP contribution < -0.4 is 0 Å². The summed E-state index contributed by atoms with van der Waals surface area (Å²) in [5.41, 5.74) is 1.90. The minimum absolute atomic E-state index is 0.206. The van der Waals surface area contributed by atoms with E-state index in [-0.39, 0.29) is 5.92 Å². The number of aryl methyl sites for hydroxylation is 1. The Kier molecular flexibility index (Phi) is 6.08. The molecule has 0 saturated carbocycles. The summed E-state index contributed by atoms with van der Waals surface area (Å²) in [7, 11) is 1.32. The van der Waals surface area contributed by atoms with Crippen LogP contribution in [0.2, 0.25) is 0 Å². The molecular weight excluding hydrogens is 346 g/mol. The van der Waals surface area contributed by atoms with Gasteiger partial charge < -0.3 is 18.6 Å². The average Bonchev–Trinajstić information content (AvgIpc) is 3.07. The van der Waals surface area contributed by atoms with E-state index in [1.54, 1.807) is 6.92 Å². The van der Waals surface area contributed by atoms with Crippen molar-refractivity contribution in [1.82, 2.24) is 4.98 Å². The molecule has 1 saturated heterocycles. The monoisotopic (exact) mass is 371 g/mol. The van der Waals surface area contributed by atoms with E-state index in [4.69, 9.17) is 18.6 Å². The van der Waals surface area contributed by atoms with Crippen LogP contribution in [0.1, 0.15) is 24.8 Å². The zero-order valence-electron chi connectivity index (χ0n) is 15.9. The SMILES string of the molecule is COC(=O)C1(C)OCC(C/C=C/Cc2nc(-c3ccccc3)oc2C)CO1. The lowest BCUT2D eigenvalue weighted by molar-refractivity contribution is -0.271. The van der Waals surface area contributed by atoms with E-state index >= 15 is 0 Å². The standard InChI is InChI=1S/C21H25NO5/c1-15-18(22-19(27-15)17-10-5-4-6-11-17)12-8-7-9-16-13-25-21(2,26-14-16)20(23)24-3/h4-8,10-11,16H,9,12-14H2,1-3H3/b8-7+. The van der Waals surface area contributed by atoms with Gasteiger partial charge in [-0.15, -0.1) is 0 Å². The van der Waals surface area contributed by atoms with E-state index < -0.39 is 11.8 Å². The number of carbonyl (C=O) groups is 1. The third-order valence-corrected chi connectivity index (χ3v) is 4.61. The van der Waals surface area contributed by atoms with Gasteiger partial charge in [-0.3, -0.25) is 0 Å². The Hall–Kier alpha value is -2.44. The number of nitrogens with zero attached hydrogens (tertiary/aromatic N) is 1. The summed E-state index contributed by atoms with van der Waals surface area (Å²) in [5.74, 6) is -0.116. The summed E-state index contributed by atoms with van der Waals surface area (Å²) in [6, 6.07) is 9.86. The highest BCUT2D eigenvalue weighted by Gasteiger charge is 2.41. The number of ether oxygens (including phenoxy) is 3. The number of benzene rings is 1. The lowest BCUT2D eigenvalue weighted by atomic mass is 10.1. The summed E-state index contributed by atoms with van der Waals surface area (Å²) < 4.78 is 21.6. The van der Waals surface area contributed by atoms with Crippen LogP contribution in [0.25, 0.3) is 11.5 Å². The van der Waals surface area contributed by atoms with Crippen LogP contribution in [-0.4, -0.2) is 37.1 Å². The molecule has 6 nitrogen and oxygen atoms in total. The molecule has 1 aliphatic heterocycles. The Bertz CT molecular complexity index is 788. The number of esters is 1. The van der Waals surface area contributed by atoms with Gasteiger partial charge >= 0.3 is 5.97 Å². The van der Waals surface area contributed by atoms with Crippen LogP contribution in [0.5, 0.6) is 0 Å². The van der Waals surface area contributed by atoms with Gasteiger partial charge in [0.2, 0.25) is 5.89 Å². The molecule has 1 aromatic carbocycles. The first-order valence-electron chi connectivity index (χ1n) is 9.05. The molecule has 2 heterocycles. The van der Waals surface area contributed by atoms with Crippen molar-refractivity contribution in [2.75, 3.05) is 20.3 Å². The smallest absolute Gasteiger partial charge is 0.366 e. The van der Waals surface area contributed by atoms with Crippen LogP contribution >= 0.6 is 0 Å². The minimum Gasteiger partial charge on any atom is -0.465 e. The van der Waals surface area contributed by atoms with Crippen molar-refractivity contribution in [3.8, 4) is 11.5 Å². The molecule has 0 amide bonds. The normalized spacial score (nSPS) is 22.9. The van der Waals surface area contributed by atoms with Crippen molar-refractivity contribution in [3.63, 3.8) is 0 Å². The molecule has 27 heavy (non-hydrogen) atoms.